The first kappa shape index (κ1) is 17.8. The van der Waals surface area contributed by atoms with Crippen LogP contribution in [0.1, 0.15) is 32.6 Å². The minimum Gasteiger partial charge on any atom is -0.342 e. The number of fused-ring (bicyclic) bond motifs is 1. The summed E-state index contributed by atoms with van der Waals surface area (Å²) in [4.78, 5) is 31.9. The average Bonchev–Trinajstić information content (AvgIpc) is 2.76. The second-order valence-corrected chi connectivity index (χ2v) is 7.19. The molecular formula is C17H24ClN5O2. The van der Waals surface area contributed by atoms with Crippen molar-refractivity contribution in [2.24, 2.45) is 14.1 Å². The number of rotatable bonds is 3. The molecule has 0 spiro atoms. The van der Waals surface area contributed by atoms with Gasteiger partial charge < -0.3 is 9.47 Å². The van der Waals surface area contributed by atoms with Crippen molar-refractivity contribution in [3.8, 4) is 0 Å². The lowest BCUT2D eigenvalue weighted by atomic mass is 10.2. The number of nitrogens with zero attached hydrogens (tertiary/aromatic N) is 5. The van der Waals surface area contributed by atoms with Crippen LogP contribution in [-0.2, 0) is 20.6 Å². The lowest BCUT2D eigenvalue weighted by Crippen LogP contribution is -2.37. The van der Waals surface area contributed by atoms with Crippen molar-refractivity contribution < 1.29 is 0 Å². The van der Waals surface area contributed by atoms with E-state index in [9.17, 15) is 9.59 Å². The first-order valence-electron chi connectivity index (χ1n) is 8.65. The summed E-state index contributed by atoms with van der Waals surface area (Å²) >= 11 is 6.01. The van der Waals surface area contributed by atoms with Crippen LogP contribution in [0.2, 0.25) is 0 Å². The monoisotopic (exact) mass is 365 g/mol. The molecule has 25 heavy (non-hydrogen) atoms. The smallest absolute Gasteiger partial charge is 0.332 e. The zero-order chi connectivity index (χ0) is 18.1. The molecule has 3 rings (SSSR count). The van der Waals surface area contributed by atoms with Crippen molar-refractivity contribution in [2.45, 2.75) is 39.2 Å². The molecule has 0 radical (unpaired) electrons. The third-order valence-corrected chi connectivity index (χ3v) is 4.93. The zero-order valence-electron chi connectivity index (χ0n) is 15.0. The minimum absolute atomic E-state index is 0.327. The number of halogens is 1. The zero-order valence-corrected chi connectivity index (χ0v) is 15.7. The van der Waals surface area contributed by atoms with Crippen molar-refractivity contribution in [3.63, 3.8) is 0 Å². The van der Waals surface area contributed by atoms with Crippen molar-refractivity contribution in [3.05, 3.63) is 31.9 Å². The number of hydrogen-bond acceptors (Lipinski definition) is 4. The molecule has 8 heteroatoms. The van der Waals surface area contributed by atoms with Crippen LogP contribution < -0.4 is 16.1 Å². The van der Waals surface area contributed by atoms with Crippen LogP contribution in [0, 0.1) is 0 Å². The molecule has 0 aromatic carbocycles. The normalized spacial score (nSPS) is 16.5. The Morgan fingerprint density at radius 1 is 1.12 bits per heavy atom. The second kappa shape index (κ2) is 7.07. The molecule has 0 bridgehead atoms. The van der Waals surface area contributed by atoms with Gasteiger partial charge >= 0.3 is 5.69 Å². The van der Waals surface area contributed by atoms with Crippen LogP contribution in [0.15, 0.2) is 20.7 Å². The molecule has 136 valence electrons. The quantitative estimate of drug-likeness (QED) is 0.834. The first-order valence-corrected chi connectivity index (χ1v) is 9.03. The van der Waals surface area contributed by atoms with E-state index in [2.05, 4.69) is 9.88 Å². The summed E-state index contributed by atoms with van der Waals surface area (Å²) in [5.74, 6) is 0.740. The molecule has 0 N–H and O–H groups in total. The van der Waals surface area contributed by atoms with E-state index in [1.807, 2.05) is 10.6 Å². The number of aromatic nitrogens is 4. The predicted octanol–water partition coefficient (Wildman–Crippen LogP) is 1.96. The molecule has 0 amide bonds. The fourth-order valence-corrected chi connectivity index (χ4v) is 3.41. The Balaban J connectivity index is 2.28. The highest BCUT2D eigenvalue weighted by Gasteiger charge is 2.22. The highest BCUT2D eigenvalue weighted by molar-refractivity contribution is 6.29. The maximum atomic E-state index is 12.7. The van der Waals surface area contributed by atoms with E-state index >= 15 is 0 Å². The van der Waals surface area contributed by atoms with Gasteiger partial charge in [-0.05, 0) is 19.8 Å². The van der Waals surface area contributed by atoms with Crippen LogP contribution in [0.3, 0.4) is 0 Å². The lowest BCUT2D eigenvalue weighted by Gasteiger charge is -2.22. The Hall–Kier alpha value is -2.02. The summed E-state index contributed by atoms with van der Waals surface area (Å²) < 4.78 is 4.45. The third-order valence-electron chi connectivity index (χ3n) is 4.77. The van der Waals surface area contributed by atoms with Gasteiger partial charge in [0.05, 0.1) is 0 Å². The van der Waals surface area contributed by atoms with Crippen LogP contribution in [-0.4, -0.2) is 31.8 Å². The number of aryl methyl sites for hydroxylation is 1. The largest absolute Gasteiger partial charge is 0.342 e. The Bertz CT molecular complexity index is 925. The summed E-state index contributed by atoms with van der Waals surface area (Å²) in [6.07, 6.45) is 6.47. The molecule has 0 atom stereocenters. The van der Waals surface area contributed by atoms with Crippen LogP contribution in [0.4, 0.5) is 5.95 Å². The number of anilines is 1. The van der Waals surface area contributed by atoms with E-state index in [1.165, 1.54) is 24.5 Å². The van der Waals surface area contributed by atoms with Gasteiger partial charge in [0.1, 0.15) is 0 Å². The molecule has 1 aliphatic heterocycles. The van der Waals surface area contributed by atoms with Gasteiger partial charge in [0.2, 0.25) is 5.95 Å². The SMILES string of the molecule is C/C(Cl)=C/Cn1c(N2CCCCCC2)nc2c1c(=O)n(C)c(=O)n2C. The second-order valence-electron chi connectivity index (χ2n) is 6.59. The molecule has 0 unspecified atom stereocenters. The van der Waals surface area contributed by atoms with Gasteiger partial charge in [0.25, 0.3) is 5.56 Å². The van der Waals surface area contributed by atoms with Gasteiger partial charge in [-0.15, -0.1) is 0 Å². The molecule has 1 saturated heterocycles. The van der Waals surface area contributed by atoms with Crippen LogP contribution >= 0.6 is 11.6 Å². The summed E-state index contributed by atoms with van der Waals surface area (Å²) in [5, 5.41) is 0.658. The molecule has 2 aromatic rings. The minimum atomic E-state index is -0.367. The Morgan fingerprint density at radius 3 is 2.36 bits per heavy atom. The maximum Gasteiger partial charge on any atom is 0.332 e. The highest BCUT2D eigenvalue weighted by atomic mass is 35.5. The highest BCUT2D eigenvalue weighted by Crippen LogP contribution is 2.23. The van der Waals surface area contributed by atoms with E-state index < -0.39 is 0 Å². The Kier molecular flexibility index (Phi) is 5.03. The van der Waals surface area contributed by atoms with Gasteiger partial charge in [-0.25, -0.2) is 4.79 Å². The molecule has 3 heterocycles. The van der Waals surface area contributed by atoms with E-state index in [-0.39, 0.29) is 11.2 Å². The van der Waals surface area contributed by atoms with E-state index in [0.29, 0.717) is 22.7 Å². The van der Waals surface area contributed by atoms with E-state index in [1.54, 1.807) is 14.0 Å². The van der Waals surface area contributed by atoms with Gasteiger partial charge in [-0.2, -0.15) is 4.98 Å². The standard InChI is InChI=1S/C17H24ClN5O2/c1-12(18)8-11-23-13-14(20(2)17(25)21(3)15(13)24)19-16(23)22-9-6-4-5-7-10-22/h8H,4-7,9-11H2,1-3H3/b12-8-. The predicted molar refractivity (Wildman–Crippen MR) is 101 cm³/mol. The van der Waals surface area contributed by atoms with Crippen molar-refractivity contribution in [2.75, 3.05) is 18.0 Å². The number of hydrogen-bond donors (Lipinski definition) is 0. The Labute approximate surface area is 151 Å². The summed E-state index contributed by atoms with van der Waals surface area (Å²) in [6.45, 7) is 4.06. The molecule has 0 saturated carbocycles. The maximum absolute atomic E-state index is 12.7. The van der Waals surface area contributed by atoms with Crippen molar-refractivity contribution >= 4 is 28.7 Å². The molecule has 0 aliphatic carbocycles. The number of imidazole rings is 1. The molecular weight excluding hydrogens is 342 g/mol. The summed E-state index contributed by atoms with van der Waals surface area (Å²) in [6, 6.07) is 0. The average molecular weight is 366 g/mol. The first-order chi connectivity index (χ1) is 11.9. The summed E-state index contributed by atoms with van der Waals surface area (Å²) in [7, 11) is 3.14. The van der Waals surface area contributed by atoms with Crippen molar-refractivity contribution in [1.82, 2.24) is 18.7 Å². The van der Waals surface area contributed by atoms with Gasteiger partial charge in [0.15, 0.2) is 11.2 Å². The molecule has 7 nitrogen and oxygen atoms in total. The van der Waals surface area contributed by atoms with Gasteiger partial charge in [0, 0.05) is 38.8 Å². The fourth-order valence-electron chi connectivity index (χ4n) is 3.34. The van der Waals surface area contributed by atoms with Gasteiger partial charge in [-0.1, -0.05) is 30.5 Å². The number of allylic oxidation sites excluding steroid dienone is 2. The van der Waals surface area contributed by atoms with Gasteiger partial charge in [-0.3, -0.25) is 13.9 Å². The van der Waals surface area contributed by atoms with Crippen LogP contribution in [0.25, 0.3) is 11.2 Å². The third kappa shape index (κ3) is 3.25. The van der Waals surface area contributed by atoms with Crippen molar-refractivity contribution in [1.29, 1.82) is 0 Å². The Morgan fingerprint density at radius 2 is 1.76 bits per heavy atom. The van der Waals surface area contributed by atoms with E-state index in [0.717, 1.165) is 36.4 Å². The molecule has 2 aromatic heterocycles. The van der Waals surface area contributed by atoms with E-state index in [4.69, 9.17) is 11.6 Å². The lowest BCUT2D eigenvalue weighted by molar-refractivity contribution is 0.700. The fraction of sp³-hybridized carbons (Fsp3) is 0.588. The topological polar surface area (TPSA) is 65.1 Å². The molecule has 1 fully saturated rings. The van der Waals surface area contributed by atoms with Crippen LogP contribution in [0.5, 0.6) is 0 Å². The summed E-state index contributed by atoms with van der Waals surface area (Å²) in [5.41, 5.74) is 0.173. The molecule has 1 aliphatic rings.